The van der Waals surface area contributed by atoms with Gasteiger partial charge in [-0.2, -0.15) is 4.98 Å². The van der Waals surface area contributed by atoms with Crippen molar-refractivity contribution in [2.75, 3.05) is 17.8 Å². The molecule has 0 spiro atoms. The van der Waals surface area contributed by atoms with Gasteiger partial charge < -0.3 is 10.1 Å². The normalized spacial score (nSPS) is 18.0. The Morgan fingerprint density at radius 3 is 2.84 bits per heavy atom. The quantitative estimate of drug-likeness (QED) is 0.810. The Balaban J connectivity index is 2.04. The average molecular weight is 284 g/mol. The summed E-state index contributed by atoms with van der Waals surface area (Å²) in [5.74, 6) is 1.84. The van der Waals surface area contributed by atoms with Crippen molar-refractivity contribution < 1.29 is 4.74 Å². The number of aromatic nitrogens is 2. The number of rotatable bonds is 6. The second-order valence-corrected chi connectivity index (χ2v) is 5.43. The average Bonchev–Trinajstić information content (AvgIpc) is 2.46. The first-order chi connectivity index (χ1) is 9.28. The number of ether oxygens (including phenoxy) is 1. The third-order valence-electron chi connectivity index (χ3n) is 3.53. The minimum Gasteiger partial charge on any atom is -0.478 e. The molecule has 106 valence electrons. The van der Waals surface area contributed by atoms with E-state index in [0.717, 1.165) is 19.3 Å². The summed E-state index contributed by atoms with van der Waals surface area (Å²) in [5.41, 5.74) is -0.0524. The monoisotopic (exact) mass is 283 g/mol. The number of hydrogen-bond donors (Lipinski definition) is 1. The van der Waals surface area contributed by atoms with Crippen LogP contribution in [0.5, 0.6) is 5.88 Å². The third-order valence-corrected chi connectivity index (χ3v) is 4.04. The van der Waals surface area contributed by atoms with Crippen LogP contribution in [0.15, 0.2) is 12.3 Å². The largest absolute Gasteiger partial charge is 0.478 e. The van der Waals surface area contributed by atoms with E-state index in [2.05, 4.69) is 22.2 Å². The molecule has 2 rings (SSSR count). The Hall–Kier alpha value is -1.03. The number of anilines is 1. The molecule has 4 nitrogen and oxygen atoms in total. The van der Waals surface area contributed by atoms with E-state index < -0.39 is 0 Å². The fourth-order valence-electron chi connectivity index (χ4n) is 2.45. The maximum atomic E-state index is 6.16. The second kappa shape index (κ2) is 6.94. The molecule has 5 heteroatoms. The number of halogens is 1. The lowest BCUT2D eigenvalue weighted by molar-refractivity contribution is 0.304. The summed E-state index contributed by atoms with van der Waals surface area (Å²) in [6, 6.07) is 1.79. The molecule has 0 atom stereocenters. The van der Waals surface area contributed by atoms with E-state index in [4.69, 9.17) is 16.3 Å². The summed E-state index contributed by atoms with van der Waals surface area (Å²) >= 11 is 6.16. The summed E-state index contributed by atoms with van der Waals surface area (Å²) < 4.78 is 5.53. The molecule has 0 aromatic carbocycles. The minimum absolute atomic E-state index is 0.0524. The van der Waals surface area contributed by atoms with Crippen LogP contribution in [0.25, 0.3) is 0 Å². The SMILES string of the molecule is CCCOc1ccnc(NC2(CCl)CCCCC2)n1. The molecule has 0 saturated heterocycles. The molecule has 0 amide bonds. The molecule has 1 aliphatic rings. The summed E-state index contributed by atoms with van der Waals surface area (Å²) in [5, 5.41) is 3.43. The number of nitrogens with zero attached hydrogens (tertiary/aromatic N) is 2. The molecule has 1 saturated carbocycles. The summed E-state index contributed by atoms with van der Waals surface area (Å²) in [7, 11) is 0. The molecule has 1 aromatic heterocycles. The van der Waals surface area contributed by atoms with Crippen molar-refractivity contribution in [3.05, 3.63) is 12.3 Å². The van der Waals surface area contributed by atoms with Gasteiger partial charge >= 0.3 is 0 Å². The maximum absolute atomic E-state index is 6.16. The lowest BCUT2D eigenvalue weighted by atomic mass is 9.83. The number of hydrogen-bond acceptors (Lipinski definition) is 4. The fourth-order valence-corrected chi connectivity index (χ4v) is 2.78. The van der Waals surface area contributed by atoms with Gasteiger partial charge in [0.05, 0.1) is 12.1 Å². The molecule has 0 radical (unpaired) electrons. The maximum Gasteiger partial charge on any atom is 0.226 e. The van der Waals surface area contributed by atoms with Crippen molar-refractivity contribution in [2.45, 2.75) is 51.0 Å². The first-order valence-corrected chi connectivity index (χ1v) is 7.61. The predicted molar refractivity (Wildman–Crippen MR) is 78.0 cm³/mol. The van der Waals surface area contributed by atoms with E-state index >= 15 is 0 Å². The fraction of sp³-hybridized carbons (Fsp3) is 0.714. The first kappa shape index (κ1) is 14.4. The van der Waals surface area contributed by atoms with Crippen LogP contribution < -0.4 is 10.1 Å². The van der Waals surface area contributed by atoms with E-state index in [-0.39, 0.29) is 5.54 Å². The molecule has 1 aromatic rings. The van der Waals surface area contributed by atoms with Gasteiger partial charge in [0.2, 0.25) is 11.8 Å². The van der Waals surface area contributed by atoms with Crippen LogP contribution in [-0.4, -0.2) is 28.0 Å². The van der Waals surface area contributed by atoms with Crippen LogP contribution >= 0.6 is 11.6 Å². The van der Waals surface area contributed by atoms with Gasteiger partial charge in [-0.15, -0.1) is 11.6 Å². The zero-order chi connectivity index (χ0) is 13.6. The van der Waals surface area contributed by atoms with Crippen molar-refractivity contribution in [3.63, 3.8) is 0 Å². The highest BCUT2D eigenvalue weighted by Crippen LogP contribution is 2.32. The van der Waals surface area contributed by atoms with E-state index in [1.165, 1.54) is 19.3 Å². The Morgan fingerprint density at radius 1 is 1.37 bits per heavy atom. The van der Waals surface area contributed by atoms with E-state index in [0.29, 0.717) is 24.3 Å². The first-order valence-electron chi connectivity index (χ1n) is 7.08. The molecule has 1 fully saturated rings. The molecule has 0 aliphatic heterocycles. The lowest BCUT2D eigenvalue weighted by Crippen LogP contribution is -2.42. The Kier molecular flexibility index (Phi) is 5.25. The van der Waals surface area contributed by atoms with Crippen molar-refractivity contribution in [2.24, 2.45) is 0 Å². The van der Waals surface area contributed by atoms with Crippen LogP contribution in [0.3, 0.4) is 0 Å². The standard InChI is InChI=1S/C14H22ClN3O/c1-2-10-19-12-6-9-16-13(17-12)18-14(11-15)7-4-3-5-8-14/h6,9H,2-5,7-8,10-11H2,1H3,(H,16,17,18). The summed E-state index contributed by atoms with van der Waals surface area (Å²) in [4.78, 5) is 8.67. The van der Waals surface area contributed by atoms with Crippen LogP contribution in [0.1, 0.15) is 45.4 Å². The molecule has 1 N–H and O–H groups in total. The van der Waals surface area contributed by atoms with E-state index in [9.17, 15) is 0 Å². The number of nitrogens with one attached hydrogen (secondary N) is 1. The predicted octanol–water partition coefficient (Wildman–Crippen LogP) is 3.62. The zero-order valence-corrected chi connectivity index (χ0v) is 12.2. The minimum atomic E-state index is -0.0524. The van der Waals surface area contributed by atoms with Gasteiger partial charge in [0.25, 0.3) is 0 Å². The molecular formula is C14H22ClN3O. The third kappa shape index (κ3) is 3.96. The van der Waals surface area contributed by atoms with Crippen LogP contribution in [0.4, 0.5) is 5.95 Å². The van der Waals surface area contributed by atoms with Crippen molar-refractivity contribution in [1.29, 1.82) is 0 Å². The number of alkyl halides is 1. The van der Waals surface area contributed by atoms with Crippen molar-refractivity contribution in [1.82, 2.24) is 9.97 Å². The topological polar surface area (TPSA) is 47.0 Å². The Bertz CT molecular complexity index is 394. The Morgan fingerprint density at radius 2 is 2.16 bits per heavy atom. The van der Waals surface area contributed by atoms with Gasteiger partial charge in [-0.3, -0.25) is 0 Å². The van der Waals surface area contributed by atoms with Crippen molar-refractivity contribution in [3.8, 4) is 5.88 Å². The van der Waals surface area contributed by atoms with Gasteiger partial charge in [-0.25, -0.2) is 4.98 Å². The van der Waals surface area contributed by atoms with Gasteiger partial charge in [0.15, 0.2) is 0 Å². The molecule has 1 heterocycles. The smallest absolute Gasteiger partial charge is 0.226 e. The van der Waals surface area contributed by atoms with Gasteiger partial charge in [-0.1, -0.05) is 26.2 Å². The Labute approximate surface area is 119 Å². The molecule has 0 unspecified atom stereocenters. The second-order valence-electron chi connectivity index (χ2n) is 5.17. The van der Waals surface area contributed by atoms with Crippen LogP contribution in [0.2, 0.25) is 0 Å². The molecular weight excluding hydrogens is 262 g/mol. The summed E-state index contributed by atoms with van der Waals surface area (Å²) in [6.45, 7) is 2.75. The highest BCUT2D eigenvalue weighted by atomic mass is 35.5. The van der Waals surface area contributed by atoms with Crippen molar-refractivity contribution >= 4 is 17.5 Å². The molecule has 19 heavy (non-hydrogen) atoms. The van der Waals surface area contributed by atoms with Gasteiger partial charge in [-0.05, 0) is 19.3 Å². The molecule has 1 aliphatic carbocycles. The van der Waals surface area contributed by atoms with E-state index in [1.807, 2.05) is 0 Å². The van der Waals surface area contributed by atoms with Crippen LogP contribution in [0, 0.1) is 0 Å². The molecule has 0 bridgehead atoms. The lowest BCUT2D eigenvalue weighted by Gasteiger charge is -2.36. The summed E-state index contributed by atoms with van der Waals surface area (Å²) in [6.07, 6.45) is 8.58. The highest BCUT2D eigenvalue weighted by Gasteiger charge is 2.31. The van der Waals surface area contributed by atoms with Gasteiger partial charge in [0, 0.05) is 18.1 Å². The van der Waals surface area contributed by atoms with E-state index in [1.54, 1.807) is 12.3 Å². The van der Waals surface area contributed by atoms with Crippen LogP contribution in [-0.2, 0) is 0 Å². The highest BCUT2D eigenvalue weighted by molar-refractivity contribution is 6.18. The zero-order valence-electron chi connectivity index (χ0n) is 11.5. The van der Waals surface area contributed by atoms with Gasteiger partial charge in [0.1, 0.15) is 0 Å².